The van der Waals surface area contributed by atoms with E-state index < -0.39 is 0 Å². The lowest BCUT2D eigenvalue weighted by Gasteiger charge is -2.16. The number of aryl methyl sites for hydroxylation is 1. The minimum absolute atomic E-state index is 0.501. The van der Waals surface area contributed by atoms with Gasteiger partial charge in [0.15, 0.2) is 5.82 Å². The average molecular weight is 332 g/mol. The molecule has 1 aliphatic heterocycles. The highest BCUT2D eigenvalue weighted by atomic mass is 35.5. The predicted molar refractivity (Wildman–Crippen MR) is 81.8 cm³/mol. The number of aromatic nitrogens is 3. The summed E-state index contributed by atoms with van der Waals surface area (Å²) < 4.78 is 2.16. The molecular weight excluding hydrogens is 319 g/mol. The fraction of sp³-hybridized carbons (Fsp3) is 0.385. The molecule has 1 N–H and O–H groups in total. The number of hydrogen-bond acceptors (Lipinski definition) is 3. The summed E-state index contributed by atoms with van der Waals surface area (Å²) in [5.74, 6) is 1.96. The van der Waals surface area contributed by atoms with Gasteiger partial charge < -0.3 is 9.88 Å². The summed E-state index contributed by atoms with van der Waals surface area (Å²) in [6.07, 6.45) is 3.34. The van der Waals surface area contributed by atoms with E-state index in [0.717, 1.165) is 24.6 Å². The van der Waals surface area contributed by atoms with Crippen LogP contribution in [0.5, 0.6) is 0 Å². The first-order chi connectivity index (χ1) is 9.65. The number of hydrogen-bond donors (Lipinski definition) is 1. The Morgan fingerprint density at radius 3 is 2.60 bits per heavy atom. The Labute approximate surface area is 132 Å². The quantitative estimate of drug-likeness (QED) is 0.917. The molecule has 20 heavy (non-hydrogen) atoms. The number of nitrogens with zero attached hydrogens (tertiary/aromatic N) is 3. The van der Waals surface area contributed by atoms with Crippen LogP contribution in [0.15, 0.2) is 12.1 Å². The van der Waals surface area contributed by atoms with E-state index >= 15 is 0 Å². The van der Waals surface area contributed by atoms with Crippen molar-refractivity contribution in [1.29, 1.82) is 0 Å². The second-order valence-electron chi connectivity index (χ2n) is 4.74. The van der Waals surface area contributed by atoms with E-state index in [4.69, 9.17) is 34.8 Å². The fourth-order valence-electron chi connectivity index (χ4n) is 2.38. The van der Waals surface area contributed by atoms with Crippen LogP contribution in [-0.4, -0.2) is 14.8 Å². The van der Waals surface area contributed by atoms with Gasteiger partial charge in [-0.2, -0.15) is 0 Å². The topological polar surface area (TPSA) is 42.7 Å². The lowest BCUT2D eigenvalue weighted by atomic mass is 10.2. The van der Waals surface area contributed by atoms with E-state index in [1.54, 1.807) is 12.1 Å². The first kappa shape index (κ1) is 14.0. The van der Waals surface area contributed by atoms with Crippen molar-refractivity contribution in [2.45, 2.75) is 32.4 Å². The van der Waals surface area contributed by atoms with Crippen molar-refractivity contribution in [3.63, 3.8) is 0 Å². The Hall–Kier alpha value is -0.970. The third kappa shape index (κ3) is 2.73. The third-order valence-electron chi connectivity index (χ3n) is 3.37. The maximum Gasteiger partial charge on any atom is 0.152 e. The highest BCUT2D eigenvalue weighted by Gasteiger charge is 2.16. The Kier molecular flexibility index (Phi) is 4.06. The molecule has 3 rings (SSSR count). The van der Waals surface area contributed by atoms with Crippen LogP contribution in [-0.2, 0) is 19.5 Å². The van der Waals surface area contributed by atoms with Crippen LogP contribution in [0.3, 0.4) is 0 Å². The molecule has 1 aliphatic rings. The average Bonchev–Trinajstić information content (AvgIpc) is 2.81. The van der Waals surface area contributed by atoms with Gasteiger partial charge in [-0.15, -0.1) is 10.2 Å². The Morgan fingerprint density at radius 1 is 1.10 bits per heavy atom. The van der Waals surface area contributed by atoms with Gasteiger partial charge in [-0.25, -0.2) is 0 Å². The molecule has 2 aromatic rings. The van der Waals surface area contributed by atoms with E-state index in [1.807, 2.05) is 0 Å². The van der Waals surface area contributed by atoms with Crippen molar-refractivity contribution >= 4 is 40.5 Å². The minimum Gasteiger partial charge on any atom is -0.375 e. The number of fused-ring (bicyclic) bond motifs is 1. The number of anilines is 1. The first-order valence-electron chi connectivity index (χ1n) is 6.44. The normalized spacial score (nSPS) is 14.2. The highest BCUT2D eigenvalue weighted by molar-refractivity contribution is 6.41. The number of halogens is 3. The van der Waals surface area contributed by atoms with Crippen LogP contribution in [0.2, 0.25) is 15.1 Å². The lowest BCUT2D eigenvalue weighted by molar-refractivity contribution is 0.510. The standard InChI is InChI=1S/C13H13Cl3N4/c14-8-5-9(15)13(10(16)6-8)17-7-12-19-18-11-3-1-2-4-20(11)12/h5-6,17H,1-4,7H2. The van der Waals surface area contributed by atoms with Gasteiger partial charge in [0.2, 0.25) is 0 Å². The van der Waals surface area contributed by atoms with Crippen molar-refractivity contribution in [3.05, 3.63) is 38.8 Å². The van der Waals surface area contributed by atoms with E-state index in [2.05, 4.69) is 20.1 Å². The molecule has 1 aromatic heterocycles. The summed E-state index contributed by atoms with van der Waals surface area (Å²) in [7, 11) is 0. The Balaban J connectivity index is 1.79. The SMILES string of the molecule is Clc1cc(Cl)c(NCc2nnc3n2CCCC3)c(Cl)c1. The third-order valence-corrected chi connectivity index (χ3v) is 4.18. The molecule has 0 unspecified atom stereocenters. The van der Waals surface area contributed by atoms with Gasteiger partial charge in [0.25, 0.3) is 0 Å². The molecule has 0 amide bonds. The highest BCUT2D eigenvalue weighted by Crippen LogP contribution is 2.33. The zero-order chi connectivity index (χ0) is 14.1. The molecule has 7 heteroatoms. The molecule has 0 aliphatic carbocycles. The van der Waals surface area contributed by atoms with E-state index in [0.29, 0.717) is 27.3 Å². The molecule has 0 fully saturated rings. The summed E-state index contributed by atoms with van der Waals surface area (Å²) in [6.45, 7) is 1.51. The van der Waals surface area contributed by atoms with Gasteiger partial charge in [-0.1, -0.05) is 34.8 Å². The molecular formula is C13H13Cl3N4. The van der Waals surface area contributed by atoms with Crippen LogP contribution in [0, 0.1) is 0 Å². The summed E-state index contributed by atoms with van der Waals surface area (Å²) in [5.41, 5.74) is 0.672. The van der Waals surface area contributed by atoms with E-state index in [9.17, 15) is 0 Å². The summed E-state index contributed by atoms with van der Waals surface area (Å²) in [5, 5.41) is 13.2. The second kappa shape index (κ2) is 5.80. The number of nitrogens with one attached hydrogen (secondary N) is 1. The van der Waals surface area contributed by atoms with Crippen LogP contribution in [0.1, 0.15) is 24.5 Å². The van der Waals surface area contributed by atoms with Crippen molar-refractivity contribution in [2.75, 3.05) is 5.32 Å². The van der Waals surface area contributed by atoms with Crippen LogP contribution in [0.25, 0.3) is 0 Å². The smallest absolute Gasteiger partial charge is 0.152 e. The van der Waals surface area contributed by atoms with Gasteiger partial charge in [0.1, 0.15) is 5.82 Å². The Bertz CT molecular complexity index is 616. The fourth-order valence-corrected chi connectivity index (χ4v) is 3.33. The van der Waals surface area contributed by atoms with Gasteiger partial charge >= 0.3 is 0 Å². The monoisotopic (exact) mass is 330 g/mol. The van der Waals surface area contributed by atoms with E-state index in [-0.39, 0.29) is 0 Å². The molecule has 0 spiro atoms. The van der Waals surface area contributed by atoms with Crippen LogP contribution in [0.4, 0.5) is 5.69 Å². The van der Waals surface area contributed by atoms with Gasteiger partial charge in [-0.3, -0.25) is 0 Å². The zero-order valence-electron chi connectivity index (χ0n) is 10.7. The molecule has 1 aromatic carbocycles. The molecule has 2 heterocycles. The number of rotatable bonds is 3. The summed E-state index contributed by atoms with van der Waals surface area (Å²) >= 11 is 18.2. The number of benzene rings is 1. The van der Waals surface area contributed by atoms with Gasteiger partial charge in [0.05, 0.1) is 22.3 Å². The maximum atomic E-state index is 6.14. The molecule has 0 saturated carbocycles. The lowest BCUT2D eigenvalue weighted by Crippen LogP contribution is -2.15. The summed E-state index contributed by atoms with van der Waals surface area (Å²) in [6, 6.07) is 3.33. The van der Waals surface area contributed by atoms with Crippen molar-refractivity contribution in [1.82, 2.24) is 14.8 Å². The van der Waals surface area contributed by atoms with Crippen molar-refractivity contribution in [3.8, 4) is 0 Å². The van der Waals surface area contributed by atoms with Crippen LogP contribution < -0.4 is 5.32 Å². The Morgan fingerprint density at radius 2 is 1.85 bits per heavy atom. The molecule has 0 bridgehead atoms. The van der Waals surface area contributed by atoms with Crippen LogP contribution >= 0.6 is 34.8 Å². The maximum absolute atomic E-state index is 6.14. The molecule has 4 nitrogen and oxygen atoms in total. The molecule has 106 valence electrons. The van der Waals surface area contributed by atoms with Crippen molar-refractivity contribution in [2.24, 2.45) is 0 Å². The minimum atomic E-state index is 0.501. The largest absolute Gasteiger partial charge is 0.375 e. The van der Waals surface area contributed by atoms with Crippen molar-refractivity contribution < 1.29 is 0 Å². The molecule has 0 saturated heterocycles. The molecule has 0 radical (unpaired) electrons. The molecule has 0 atom stereocenters. The van der Waals surface area contributed by atoms with Gasteiger partial charge in [-0.05, 0) is 25.0 Å². The summed E-state index contributed by atoms with van der Waals surface area (Å²) in [4.78, 5) is 0. The van der Waals surface area contributed by atoms with E-state index in [1.165, 1.54) is 12.8 Å². The first-order valence-corrected chi connectivity index (χ1v) is 7.58. The van der Waals surface area contributed by atoms with Gasteiger partial charge in [0, 0.05) is 18.0 Å². The predicted octanol–water partition coefficient (Wildman–Crippen LogP) is 4.19. The second-order valence-corrected chi connectivity index (χ2v) is 5.99. The zero-order valence-corrected chi connectivity index (χ0v) is 12.9.